The van der Waals surface area contributed by atoms with Crippen molar-refractivity contribution in [2.45, 2.75) is 39.3 Å². The summed E-state index contributed by atoms with van der Waals surface area (Å²) >= 11 is 0. The molecule has 2 rings (SSSR count). The number of aliphatic hydroxyl groups excluding tert-OH is 1. The Bertz CT molecular complexity index is 546. The highest BCUT2D eigenvalue weighted by Crippen LogP contribution is 2.40. The van der Waals surface area contributed by atoms with E-state index in [1.165, 1.54) is 0 Å². The number of hydrogen-bond donors (Lipinski definition) is 2. The highest BCUT2D eigenvalue weighted by atomic mass is 32.2. The van der Waals surface area contributed by atoms with Gasteiger partial charge < -0.3 is 9.67 Å². The standard InChI is InChI=1S/C12H20N2O3S/c1-12(2)7-10-9(11(15)8-12)3-4-14(10)5-6-18(13,16)17/h3-4,11,15H,5-8H2,1-2H3,(H2,13,16,17). The third-order valence-electron chi connectivity index (χ3n) is 3.48. The largest absolute Gasteiger partial charge is 0.388 e. The molecule has 3 N–H and O–H groups in total. The fourth-order valence-electron chi connectivity index (χ4n) is 2.62. The highest BCUT2D eigenvalue weighted by molar-refractivity contribution is 7.89. The number of aliphatic hydroxyl groups is 1. The Morgan fingerprint density at radius 3 is 2.83 bits per heavy atom. The van der Waals surface area contributed by atoms with E-state index in [9.17, 15) is 13.5 Å². The predicted molar refractivity (Wildman–Crippen MR) is 69.5 cm³/mol. The van der Waals surface area contributed by atoms with Crippen LogP contribution in [0.3, 0.4) is 0 Å². The van der Waals surface area contributed by atoms with Gasteiger partial charge in [0.2, 0.25) is 10.0 Å². The van der Waals surface area contributed by atoms with Crippen LogP contribution in [-0.4, -0.2) is 23.8 Å². The molecule has 0 radical (unpaired) electrons. The highest BCUT2D eigenvalue weighted by Gasteiger charge is 2.33. The molecule has 6 heteroatoms. The lowest BCUT2D eigenvalue weighted by molar-refractivity contribution is 0.0980. The lowest BCUT2D eigenvalue weighted by atomic mass is 9.75. The number of hydrogen-bond acceptors (Lipinski definition) is 3. The van der Waals surface area contributed by atoms with E-state index in [1.807, 2.05) is 16.8 Å². The summed E-state index contributed by atoms with van der Waals surface area (Å²) in [6.07, 6.45) is 2.95. The summed E-state index contributed by atoms with van der Waals surface area (Å²) in [5.74, 6) is -0.0787. The van der Waals surface area contributed by atoms with E-state index in [-0.39, 0.29) is 11.2 Å². The molecule has 1 unspecified atom stereocenters. The van der Waals surface area contributed by atoms with Crippen LogP contribution in [-0.2, 0) is 23.0 Å². The van der Waals surface area contributed by atoms with E-state index in [0.717, 1.165) is 24.1 Å². The van der Waals surface area contributed by atoms with Gasteiger partial charge in [-0.1, -0.05) is 13.8 Å². The summed E-state index contributed by atoms with van der Waals surface area (Å²) in [7, 11) is -3.45. The molecule has 5 nitrogen and oxygen atoms in total. The van der Waals surface area contributed by atoms with E-state index in [2.05, 4.69) is 13.8 Å². The Morgan fingerprint density at radius 1 is 1.56 bits per heavy atom. The zero-order chi connectivity index (χ0) is 13.6. The second kappa shape index (κ2) is 4.36. The molecule has 1 aromatic heterocycles. The molecule has 1 aromatic rings. The number of primary sulfonamides is 1. The molecular formula is C12H20N2O3S. The number of aryl methyl sites for hydroxylation is 1. The summed E-state index contributed by atoms with van der Waals surface area (Å²) in [6.45, 7) is 4.56. The molecule has 1 aliphatic carbocycles. The van der Waals surface area contributed by atoms with Crippen LogP contribution >= 0.6 is 0 Å². The fraction of sp³-hybridized carbons (Fsp3) is 0.667. The molecule has 0 saturated carbocycles. The first-order valence-corrected chi connectivity index (χ1v) is 7.76. The molecule has 0 aliphatic heterocycles. The molecule has 0 amide bonds. The maximum Gasteiger partial charge on any atom is 0.210 e. The van der Waals surface area contributed by atoms with Gasteiger partial charge in [0.15, 0.2) is 0 Å². The number of sulfonamides is 1. The first-order chi connectivity index (χ1) is 8.18. The minimum Gasteiger partial charge on any atom is -0.388 e. The molecule has 18 heavy (non-hydrogen) atoms. The quantitative estimate of drug-likeness (QED) is 0.852. The van der Waals surface area contributed by atoms with Gasteiger partial charge in [-0.3, -0.25) is 0 Å². The first-order valence-electron chi connectivity index (χ1n) is 6.04. The van der Waals surface area contributed by atoms with Gasteiger partial charge in [-0.25, -0.2) is 13.6 Å². The Hall–Kier alpha value is -0.850. The topological polar surface area (TPSA) is 85.3 Å². The maximum atomic E-state index is 11.0. The number of nitrogens with two attached hydrogens (primary N) is 1. The van der Waals surface area contributed by atoms with Crippen LogP contribution in [0.25, 0.3) is 0 Å². The fourth-order valence-corrected chi connectivity index (χ4v) is 3.07. The summed E-state index contributed by atoms with van der Waals surface area (Å²) < 4.78 is 23.9. The third kappa shape index (κ3) is 2.93. The molecule has 0 spiro atoms. The maximum absolute atomic E-state index is 11.0. The van der Waals surface area contributed by atoms with Crippen LogP contribution in [0.4, 0.5) is 0 Å². The summed E-state index contributed by atoms with van der Waals surface area (Å²) in [4.78, 5) is 0. The molecular weight excluding hydrogens is 252 g/mol. The van der Waals surface area contributed by atoms with Gasteiger partial charge in [-0.15, -0.1) is 0 Å². The zero-order valence-corrected chi connectivity index (χ0v) is 11.6. The molecule has 0 bridgehead atoms. The van der Waals surface area contributed by atoms with Crippen LogP contribution in [0.5, 0.6) is 0 Å². The van der Waals surface area contributed by atoms with Crippen molar-refractivity contribution in [3.05, 3.63) is 23.5 Å². The van der Waals surface area contributed by atoms with E-state index in [0.29, 0.717) is 6.54 Å². The van der Waals surface area contributed by atoms with Gasteiger partial charge in [0.25, 0.3) is 0 Å². The van der Waals surface area contributed by atoms with Gasteiger partial charge in [0, 0.05) is 24.0 Å². The summed E-state index contributed by atoms with van der Waals surface area (Å²) in [6, 6.07) is 1.87. The zero-order valence-electron chi connectivity index (χ0n) is 10.8. The smallest absolute Gasteiger partial charge is 0.210 e. The van der Waals surface area contributed by atoms with E-state index in [4.69, 9.17) is 5.14 Å². The first kappa shape index (κ1) is 13.6. The van der Waals surface area contributed by atoms with Crippen molar-refractivity contribution >= 4 is 10.0 Å². The normalized spacial score (nSPS) is 22.8. The van der Waals surface area contributed by atoms with Crippen molar-refractivity contribution in [2.24, 2.45) is 10.6 Å². The Labute approximate surface area is 108 Å². The van der Waals surface area contributed by atoms with Crippen molar-refractivity contribution in [1.82, 2.24) is 4.57 Å². The van der Waals surface area contributed by atoms with E-state index >= 15 is 0 Å². The van der Waals surface area contributed by atoms with Gasteiger partial charge in [0.1, 0.15) is 0 Å². The van der Waals surface area contributed by atoms with Crippen molar-refractivity contribution in [1.29, 1.82) is 0 Å². The summed E-state index contributed by atoms with van der Waals surface area (Å²) in [5, 5.41) is 15.1. The average Bonchev–Trinajstić information content (AvgIpc) is 2.55. The number of rotatable bonds is 3. The molecule has 102 valence electrons. The van der Waals surface area contributed by atoms with Crippen molar-refractivity contribution in [2.75, 3.05) is 5.75 Å². The molecule has 1 atom stereocenters. The van der Waals surface area contributed by atoms with Crippen LogP contribution in [0.2, 0.25) is 0 Å². The molecule has 0 aromatic carbocycles. The lowest BCUT2D eigenvalue weighted by Gasteiger charge is -2.33. The number of fused-ring (bicyclic) bond motifs is 1. The van der Waals surface area contributed by atoms with Crippen molar-refractivity contribution in [3.8, 4) is 0 Å². The van der Waals surface area contributed by atoms with Crippen molar-refractivity contribution < 1.29 is 13.5 Å². The minimum absolute atomic E-state index is 0.0319. The number of nitrogens with zero attached hydrogens (tertiary/aromatic N) is 1. The van der Waals surface area contributed by atoms with Crippen LogP contribution in [0.15, 0.2) is 12.3 Å². The van der Waals surface area contributed by atoms with E-state index < -0.39 is 16.1 Å². The average molecular weight is 272 g/mol. The predicted octanol–water partition coefficient (Wildman–Crippen LogP) is 0.782. The van der Waals surface area contributed by atoms with Gasteiger partial charge in [-0.2, -0.15) is 0 Å². The number of aromatic nitrogens is 1. The van der Waals surface area contributed by atoms with Crippen LogP contribution in [0, 0.1) is 5.41 Å². The lowest BCUT2D eigenvalue weighted by Crippen LogP contribution is -2.28. The Morgan fingerprint density at radius 2 is 2.22 bits per heavy atom. The molecule has 0 saturated heterocycles. The van der Waals surface area contributed by atoms with Crippen LogP contribution < -0.4 is 5.14 Å². The monoisotopic (exact) mass is 272 g/mol. The molecule has 1 heterocycles. The second-order valence-corrected chi connectivity index (χ2v) is 7.57. The van der Waals surface area contributed by atoms with Gasteiger partial charge in [-0.05, 0) is 24.3 Å². The minimum atomic E-state index is -3.45. The molecule has 0 fully saturated rings. The van der Waals surface area contributed by atoms with Crippen molar-refractivity contribution in [3.63, 3.8) is 0 Å². The van der Waals surface area contributed by atoms with E-state index in [1.54, 1.807) is 0 Å². The molecule has 1 aliphatic rings. The Kier molecular flexibility index (Phi) is 3.29. The van der Waals surface area contributed by atoms with Crippen LogP contribution in [0.1, 0.15) is 37.6 Å². The summed E-state index contributed by atoms with van der Waals surface area (Å²) in [5.41, 5.74) is 1.98. The second-order valence-electron chi connectivity index (χ2n) is 5.84. The Balaban J connectivity index is 2.26. The SMILES string of the molecule is CC1(C)Cc2c(ccn2CCS(N)(=O)=O)C(O)C1. The van der Waals surface area contributed by atoms with Gasteiger partial charge in [0.05, 0.1) is 11.9 Å². The third-order valence-corrected chi connectivity index (χ3v) is 4.23. The van der Waals surface area contributed by atoms with Gasteiger partial charge >= 0.3 is 0 Å².